The molecule has 0 radical (unpaired) electrons. The number of benzene rings is 1. The van der Waals surface area contributed by atoms with Crippen LogP contribution in [0.5, 0.6) is 5.75 Å². The predicted molar refractivity (Wildman–Crippen MR) is 93.4 cm³/mol. The van der Waals surface area contributed by atoms with Crippen molar-refractivity contribution in [2.24, 2.45) is 5.92 Å². The Kier molecular flexibility index (Phi) is 5.94. The van der Waals surface area contributed by atoms with E-state index in [4.69, 9.17) is 4.74 Å². The van der Waals surface area contributed by atoms with E-state index in [1.165, 1.54) is 18.5 Å². The molecule has 3 nitrogen and oxygen atoms in total. The summed E-state index contributed by atoms with van der Waals surface area (Å²) in [6.45, 7) is 9.11. The van der Waals surface area contributed by atoms with E-state index in [-0.39, 0.29) is 0 Å². The lowest BCUT2D eigenvalue weighted by Gasteiger charge is -2.44. The van der Waals surface area contributed by atoms with Crippen molar-refractivity contribution in [3.8, 4) is 5.75 Å². The molecule has 0 aromatic heterocycles. The van der Waals surface area contributed by atoms with Crippen LogP contribution in [0.25, 0.3) is 0 Å². The maximum absolute atomic E-state index is 5.38. The fourth-order valence-electron chi connectivity index (χ4n) is 3.16. The molecule has 1 aliphatic rings. The molecule has 1 heterocycles. The molecule has 0 spiro atoms. The van der Waals surface area contributed by atoms with Gasteiger partial charge in [-0.2, -0.15) is 0 Å². The van der Waals surface area contributed by atoms with Gasteiger partial charge in [0.15, 0.2) is 0 Å². The van der Waals surface area contributed by atoms with Crippen molar-refractivity contribution < 1.29 is 4.74 Å². The monoisotopic (exact) mass is 354 g/mol. The predicted octanol–water partition coefficient (Wildman–Crippen LogP) is 4.06. The minimum absolute atomic E-state index is 0.511. The molecule has 4 heteroatoms. The van der Waals surface area contributed by atoms with Crippen molar-refractivity contribution in [1.82, 2.24) is 5.32 Å². The van der Waals surface area contributed by atoms with E-state index < -0.39 is 0 Å². The van der Waals surface area contributed by atoms with E-state index in [0.717, 1.165) is 23.3 Å². The SMILES string of the molecule is CCCNC1CCN(c2cc(OC)ccc2Br)C(C)C1C. The van der Waals surface area contributed by atoms with Gasteiger partial charge >= 0.3 is 0 Å². The summed E-state index contributed by atoms with van der Waals surface area (Å²) < 4.78 is 6.52. The van der Waals surface area contributed by atoms with Gasteiger partial charge in [0.05, 0.1) is 12.8 Å². The Morgan fingerprint density at radius 3 is 2.81 bits per heavy atom. The highest BCUT2D eigenvalue weighted by Gasteiger charge is 2.32. The Labute approximate surface area is 137 Å². The molecule has 0 amide bonds. The van der Waals surface area contributed by atoms with Crippen molar-refractivity contribution >= 4 is 21.6 Å². The zero-order valence-corrected chi connectivity index (χ0v) is 15.1. The molecule has 118 valence electrons. The summed E-state index contributed by atoms with van der Waals surface area (Å²) in [4.78, 5) is 2.50. The molecule has 1 saturated heterocycles. The van der Waals surface area contributed by atoms with Gasteiger partial charge < -0.3 is 15.0 Å². The van der Waals surface area contributed by atoms with Crippen LogP contribution in [0.3, 0.4) is 0 Å². The second-order valence-corrected chi connectivity index (χ2v) is 6.81. The van der Waals surface area contributed by atoms with Gasteiger partial charge in [0.25, 0.3) is 0 Å². The number of nitrogens with one attached hydrogen (secondary N) is 1. The van der Waals surface area contributed by atoms with Crippen LogP contribution in [0.15, 0.2) is 22.7 Å². The number of piperidine rings is 1. The van der Waals surface area contributed by atoms with Crippen molar-refractivity contribution in [2.75, 3.05) is 25.1 Å². The molecular weight excluding hydrogens is 328 g/mol. The number of nitrogens with zero attached hydrogens (tertiary/aromatic N) is 1. The summed E-state index contributed by atoms with van der Waals surface area (Å²) in [7, 11) is 1.72. The van der Waals surface area contributed by atoms with E-state index in [1.807, 2.05) is 6.07 Å². The van der Waals surface area contributed by atoms with Gasteiger partial charge in [-0.25, -0.2) is 0 Å². The first-order valence-electron chi connectivity index (χ1n) is 7.92. The van der Waals surface area contributed by atoms with E-state index in [2.05, 4.69) is 59.1 Å². The van der Waals surface area contributed by atoms with Gasteiger partial charge in [0.2, 0.25) is 0 Å². The molecule has 1 fully saturated rings. The molecule has 0 saturated carbocycles. The van der Waals surface area contributed by atoms with Crippen LogP contribution in [-0.4, -0.2) is 32.3 Å². The van der Waals surface area contributed by atoms with Crippen LogP contribution in [0.4, 0.5) is 5.69 Å². The Morgan fingerprint density at radius 2 is 2.14 bits per heavy atom. The van der Waals surface area contributed by atoms with Gasteiger partial charge in [-0.3, -0.25) is 0 Å². The third-order valence-electron chi connectivity index (χ3n) is 4.69. The van der Waals surface area contributed by atoms with E-state index in [1.54, 1.807) is 7.11 Å². The molecule has 0 aliphatic carbocycles. The van der Waals surface area contributed by atoms with Gasteiger partial charge in [0, 0.05) is 29.2 Å². The van der Waals surface area contributed by atoms with Crippen LogP contribution in [0, 0.1) is 5.92 Å². The smallest absolute Gasteiger partial charge is 0.121 e. The van der Waals surface area contributed by atoms with Crippen LogP contribution in [0.2, 0.25) is 0 Å². The first-order valence-corrected chi connectivity index (χ1v) is 8.71. The van der Waals surface area contributed by atoms with E-state index in [9.17, 15) is 0 Å². The second kappa shape index (κ2) is 7.50. The molecule has 1 N–H and O–H groups in total. The summed E-state index contributed by atoms with van der Waals surface area (Å²) >= 11 is 3.69. The highest BCUT2D eigenvalue weighted by Crippen LogP contribution is 2.36. The first-order chi connectivity index (χ1) is 10.1. The zero-order valence-electron chi connectivity index (χ0n) is 13.5. The normalized spacial score (nSPS) is 26.0. The standard InChI is InChI=1S/C17H27BrN2O/c1-5-9-19-16-8-10-20(13(3)12(16)2)17-11-14(21-4)6-7-15(17)18/h6-7,11-13,16,19H,5,8-10H2,1-4H3. The molecule has 3 atom stereocenters. The minimum Gasteiger partial charge on any atom is -0.497 e. The number of hydrogen-bond donors (Lipinski definition) is 1. The van der Waals surface area contributed by atoms with E-state index >= 15 is 0 Å². The fourth-order valence-corrected chi connectivity index (χ4v) is 3.64. The third-order valence-corrected chi connectivity index (χ3v) is 5.36. The van der Waals surface area contributed by atoms with E-state index in [0.29, 0.717) is 18.0 Å². The highest BCUT2D eigenvalue weighted by molar-refractivity contribution is 9.10. The van der Waals surface area contributed by atoms with Gasteiger partial charge in [-0.15, -0.1) is 0 Å². The van der Waals surface area contributed by atoms with Crippen LogP contribution < -0.4 is 15.0 Å². The Hall–Kier alpha value is -0.740. The van der Waals surface area contributed by atoms with Gasteiger partial charge in [0.1, 0.15) is 5.75 Å². The van der Waals surface area contributed by atoms with Crippen molar-refractivity contribution in [1.29, 1.82) is 0 Å². The average molecular weight is 355 g/mol. The Morgan fingerprint density at radius 1 is 1.38 bits per heavy atom. The molecular formula is C17H27BrN2O. The summed E-state index contributed by atoms with van der Waals surface area (Å²) in [5, 5.41) is 3.70. The number of rotatable bonds is 5. The molecule has 0 bridgehead atoms. The maximum atomic E-state index is 5.38. The topological polar surface area (TPSA) is 24.5 Å². The summed E-state index contributed by atoms with van der Waals surface area (Å²) in [5.74, 6) is 1.54. The second-order valence-electron chi connectivity index (χ2n) is 5.96. The number of ether oxygens (including phenoxy) is 1. The first kappa shape index (κ1) is 16.6. The number of halogens is 1. The van der Waals surface area contributed by atoms with Crippen LogP contribution >= 0.6 is 15.9 Å². The molecule has 21 heavy (non-hydrogen) atoms. The maximum Gasteiger partial charge on any atom is 0.121 e. The fraction of sp³-hybridized carbons (Fsp3) is 0.647. The summed E-state index contributed by atoms with van der Waals surface area (Å²) in [6, 6.07) is 7.34. The largest absolute Gasteiger partial charge is 0.497 e. The molecule has 1 aromatic rings. The zero-order chi connectivity index (χ0) is 15.4. The Bertz CT molecular complexity index is 466. The lowest BCUT2D eigenvalue weighted by Crippen LogP contribution is -2.53. The summed E-state index contributed by atoms with van der Waals surface area (Å²) in [5.41, 5.74) is 1.24. The van der Waals surface area contributed by atoms with Crippen LogP contribution in [-0.2, 0) is 0 Å². The molecule has 2 rings (SSSR count). The summed E-state index contributed by atoms with van der Waals surface area (Å²) in [6.07, 6.45) is 2.39. The highest BCUT2D eigenvalue weighted by atomic mass is 79.9. The lowest BCUT2D eigenvalue weighted by atomic mass is 9.86. The number of hydrogen-bond acceptors (Lipinski definition) is 3. The third kappa shape index (κ3) is 3.72. The quantitative estimate of drug-likeness (QED) is 0.862. The number of methoxy groups -OCH3 is 1. The molecule has 1 aromatic carbocycles. The van der Waals surface area contributed by atoms with Gasteiger partial charge in [-0.05, 0) is 60.3 Å². The van der Waals surface area contributed by atoms with Crippen molar-refractivity contribution in [2.45, 2.75) is 45.7 Å². The number of anilines is 1. The molecule has 1 aliphatic heterocycles. The average Bonchev–Trinajstić information content (AvgIpc) is 2.50. The minimum atomic E-state index is 0.511. The molecule has 3 unspecified atom stereocenters. The van der Waals surface area contributed by atoms with Gasteiger partial charge in [-0.1, -0.05) is 13.8 Å². The lowest BCUT2D eigenvalue weighted by molar-refractivity contribution is 0.271. The van der Waals surface area contributed by atoms with Crippen molar-refractivity contribution in [3.63, 3.8) is 0 Å². The van der Waals surface area contributed by atoms with Crippen LogP contribution in [0.1, 0.15) is 33.6 Å². The van der Waals surface area contributed by atoms with Crippen molar-refractivity contribution in [3.05, 3.63) is 22.7 Å². The Balaban J connectivity index is 2.15.